The van der Waals surface area contributed by atoms with Gasteiger partial charge >= 0.3 is 5.97 Å². The second-order valence-electron chi connectivity index (χ2n) is 4.14. The van der Waals surface area contributed by atoms with Crippen LogP contribution in [0.15, 0.2) is 0 Å². The average molecular weight is 281 g/mol. The maximum atomic E-state index is 11.4. The number of carbonyl (C=O) groups is 1. The first-order valence-corrected chi connectivity index (χ1v) is 6.07. The molecule has 0 spiro atoms. The number of hydrogen-bond donors (Lipinski definition) is 6. The predicted octanol–water partition coefficient (Wildman–Crippen LogP) is -3.03. The fraction of sp³-hybridized carbons (Fsp3) is 0.909. The summed E-state index contributed by atoms with van der Waals surface area (Å²) >= 11 is 0. The van der Waals surface area contributed by atoms with Crippen molar-refractivity contribution in [3.8, 4) is 0 Å². The van der Waals surface area contributed by atoms with Gasteiger partial charge in [0.2, 0.25) is 0 Å². The lowest BCUT2D eigenvalue weighted by Gasteiger charge is -2.28. The molecule has 6 N–H and O–H groups in total. The van der Waals surface area contributed by atoms with Gasteiger partial charge in [0.15, 0.2) is 0 Å². The highest BCUT2D eigenvalue weighted by Crippen LogP contribution is 2.09. The van der Waals surface area contributed by atoms with E-state index in [1.807, 2.05) is 0 Å². The van der Waals surface area contributed by atoms with E-state index in [1.54, 1.807) is 7.05 Å². The summed E-state index contributed by atoms with van der Waals surface area (Å²) in [4.78, 5) is 11.4. The van der Waals surface area contributed by atoms with E-state index < -0.39 is 37.0 Å². The van der Waals surface area contributed by atoms with E-state index in [9.17, 15) is 20.1 Å². The Morgan fingerprint density at radius 1 is 1.21 bits per heavy atom. The molecule has 0 amide bonds. The first kappa shape index (κ1) is 18.2. The Morgan fingerprint density at radius 3 is 2.32 bits per heavy atom. The van der Waals surface area contributed by atoms with Crippen LogP contribution in [-0.2, 0) is 9.53 Å². The summed E-state index contributed by atoms with van der Waals surface area (Å²) in [7, 11) is 1.57. The van der Waals surface area contributed by atoms with Gasteiger partial charge in [-0.3, -0.25) is 4.79 Å². The van der Waals surface area contributed by atoms with Gasteiger partial charge in [0.1, 0.15) is 24.4 Å². The van der Waals surface area contributed by atoms with Crippen molar-refractivity contribution in [2.24, 2.45) is 0 Å². The number of hydrogen-bond acceptors (Lipinski definition) is 8. The highest BCUT2D eigenvalue weighted by molar-refractivity contribution is 5.69. The summed E-state index contributed by atoms with van der Waals surface area (Å²) in [5.41, 5.74) is 0. The number of likely N-dealkylation sites (N-methyl/N-ethyl adjacent to an activating group) is 1. The van der Waals surface area contributed by atoms with Crippen molar-refractivity contribution < 1.29 is 35.1 Å². The summed E-state index contributed by atoms with van der Waals surface area (Å²) in [6, 6.07) is 0. The predicted molar refractivity (Wildman–Crippen MR) is 65.2 cm³/mol. The molecule has 0 aromatic heterocycles. The molecule has 0 aliphatic rings. The maximum absolute atomic E-state index is 11.4. The molecule has 0 rings (SSSR count). The zero-order chi connectivity index (χ0) is 14.8. The van der Waals surface area contributed by atoms with Crippen LogP contribution in [0.4, 0.5) is 0 Å². The average Bonchev–Trinajstić information content (AvgIpc) is 2.42. The Kier molecular flexibility index (Phi) is 9.66. The van der Waals surface area contributed by atoms with Gasteiger partial charge in [-0.15, -0.1) is 0 Å². The lowest BCUT2D eigenvalue weighted by molar-refractivity contribution is -0.165. The number of rotatable bonds is 10. The highest BCUT2D eigenvalue weighted by atomic mass is 16.6. The van der Waals surface area contributed by atoms with E-state index in [1.165, 1.54) is 0 Å². The second-order valence-corrected chi connectivity index (χ2v) is 4.14. The molecule has 0 saturated carbocycles. The van der Waals surface area contributed by atoms with Gasteiger partial charge in [0, 0.05) is 19.6 Å². The van der Waals surface area contributed by atoms with Gasteiger partial charge in [-0.2, -0.15) is 0 Å². The quantitative estimate of drug-likeness (QED) is 0.232. The van der Waals surface area contributed by atoms with E-state index in [2.05, 4.69) is 5.32 Å². The Balaban J connectivity index is 4.48. The molecule has 0 radical (unpaired) electrons. The fourth-order valence-electron chi connectivity index (χ4n) is 1.44. The minimum absolute atomic E-state index is 0.0118. The standard InChI is InChI=1S/C11H23NO7/c1-12-5-8(19-9(16)3-2-4-13)11(18)10(17)7(15)6-14/h7-8,10-15,17-18H,2-6H2,1H3/t7-,8+,10-,11-/m1/s1. The van der Waals surface area contributed by atoms with Crippen LogP contribution in [0.3, 0.4) is 0 Å². The number of aliphatic hydroxyl groups excluding tert-OH is 5. The topological polar surface area (TPSA) is 139 Å². The van der Waals surface area contributed by atoms with Crippen molar-refractivity contribution in [1.82, 2.24) is 5.32 Å². The molecule has 0 aliphatic heterocycles. The van der Waals surface area contributed by atoms with Crippen LogP contribution >= 0.6 is 0 Å². The van der Waals surface area contributed by atoms with Gasteiger partial charge in [0.25, 0.3) is 0 Å². The summed E-state index contributed by atoms with van der Waals surface area (Å²) in [5.74, 6) is -0.626. The number of aliphatic hydroxyl groups is 5. The Labute approximate surface area is 111 Å². The molecule has 0 aliphatic carbocycles. The monoisotopic (exact) mass is 281 g/mol. The van der Waals surface area contributed by atoms with Crippen LogP contribution in [0.2, 0.25) is 0 Å². The van der Waals surface area contributed by atoms with Crippen molar-refractivity contribution in [1.29, 1.82) is 0 Å². The van der Waals surface area contributed by atoms with E-state index in [0.29, 0.717) is 0 Å². The molecule has 0 fully saturated rings. The molecular formula is C11H23NO7. The zero-order valence-corrected chi connectivity index (χ0v) is 10.9. The van der Waals surface area contributed by atoms with Gasteiger partial charge in [-0.05, 0) is 13.5 Å². The summed E-state index contributed by atoms with van der Waals surface area (Å²) in [6.45, 7) is -0.801. The number of carbonyl (C=O) groups excluding carboxylic acids is 1. The summed E-state index contributed by atoms with van der Waals surface area (Å²) in [5, 5.41) is 48.5. The van der Waals surface area contributed by atoms with Gasteiger partial charge in [0.05, 0.1) is 6.61 Å². The zero-order valence-electron chi connectivity index (χ0n) is 10.9. The number of nitrogens with one attached hydrogen (secondary N) is 1. The Morgan fingerprint density at radius 2 is 1.84 bits per heavy atom. The molecule has 114 valence electrons. The Bertz CT molecular complexity index is 251. The molecule has 0 unspecified atom stereocenters. The van der Waals surface area contributed by atoms with Crippen molar-refractivity contribution in [3.05, 3.63) is 0 Å². The van der Waals surface area contributed by atoms with Crippen molar-refractivity contribution in [2.75, 3.05) is 26.8 Å². The van der Waals surface area contributed by atoms with E-state index in [-0.39, 0.29) is 26.0 Å². The molecule has 4 atom stereocenters. The van der Waals surface area contributed by atoms with Crippen LogP contribution < -0.4 is 5.32 Å². The van der Waals surface area contributed by atoms with Gasteiger partial charge in [-0.1, -0.05) is 0 Å². The lowest BCUT2D eigenvalue weighted by Crippen LogP contribution is -2.50. The van der Waals surface area contributed by atoms with Crippen LogP contribution in [-0.4, -0.2) is 82.7 Å². The number of esters is 1. The summed E-state index contributed by atoms with van der Waals surface area (Å²) in [6.07, 6.45) is -5.52. The molecule has 0 heterocycles. The SMILES string of the molecule is CNC[C@H](OC(=O)CCCO)[C@@H](O)[C@H](O)[C@H](O)CO. The smallest absolute Gasteiger partial charge is 0.306 e. The third-order valence-corrected chi connectivity index (χ3v) is 2.54. The van der Waals surface area contributed by atoms with Crippen LogP contribution in [0, 0.1) is 0 Å². The van der Waals surface area contributed by atoms with Gasteiger partial charge < -0.3 is 35.6 Å². The normalized spacial score (nSPS) is 17.6. The third-order valence-electron chi connectivity index (χ3n) is 2.54. The fourth-order valence-corrected chi connectivity index (χ4v) is 1.44. The largest absolute Gasteiger partial charge is 0.458 e. The molecule has 0 aromatic carbocycles. The van der Waals surface area contributed by atoms with Crippen LogP contribution in [0.25, 0.3) is 0 Å². The molecule has 0 saturated heterocycles. The molecule has 8 nitrogen and oxygen atoms in total. The summed E-state index contributed by atoms with van der Waals surface area (Å²) < 4.78 is 4.96. The van der Waals surface area contributed by atoms with E-state index >= 15 is 0 Å². The van der Waals surface area contributed by atoms with Gasteiger partial charge in [-0.25, -0.2) is 0 Å². The molecule has 0 bridgehead atoms. The first-order chi connectivity index (χ1) is 8.97. The van der Waals surface area contributed by atoms with E-state index in [4.69, 9.17) is 14.9 Å². The van der Waals surface area contributed by atoms with Crippen molar-refractivity contribution in [2.45, 2.75) is 37.3 Å². The van der Waals surface area contributed by atoms with Crippen LogP contribution in [0.1, 0.15) is 12.8 Å². The maximum Gasteiger partial charge on any atom is 0.306 e. The minimum atomic E-state index is -1.63. The first-order valence-electron chi connectivity index (χ1n) is 6.07. The minimum Gasteiger partial charge on any atom is -0.458 e. The Hall–Kier alpha value is -0.770. The molecule has 8 heteroatoms. The number of ether oxygens (including phenoxy) is 1. The molecule has 0 aromatic rings. The molecular weight excluding hydrogens is 258 g/mol. The highest BCUT2D eigenvalue weighted by Gasteiger charge is 2.33. The third kappa shape index (κ3) is 6.81. The van der Waals surface area contributed by atoms with Crippen LogP contribution in [0.5, 0.6) is 0 Å². The second kappa shape index (κ2) is 10.1. The van der Waals surface area contributed by atoms with Crippen molar-refractivity contribution in [3.63, 3.8) is 0 Å². The van der Waals surface area contributed by atoms with E-state index in [0.717, 1.165) is 0 Å². The lowest BCUT2D eigenvalue weighted by atomic mass is 10.0. The molecule has 19 heavy (non-hydrogen) atoms. The van der Waals surface area contributed by atoms with Crippen molar-refractivity contribution >= 4 is 5.97 Å².